The largest absolute Gasteiger partial charge is 0.377 e. The zero-order chi connectivity index (χ0) is 11.4. The molecule has 84 valence electrons. The van der Waals surface area contributed by atoms with Crippen molar-refractivity contribution < 1.29 is 4.74 Å². The van der Waals surface area contributed by atoms with E-state index < -0.39 is 0 Å². The summed E-state index contributed by atoms with van der Waals surface area (Å²) in [6.45, 7) is 0.353. The van der Waals surface area contributed by atoms with Gasteiger partial charge >= 0.3 is 0 Å². The summed E-state index contributed by atoms with van der Waals surface area (Å²) in [5, 5.41) is 3.12. The van der Waals surface area contributed by atoms with Crippen molar-refractivity contribution in [1.82, 2.24) is 15.0 Å². The van der Waals surface area contributed by atoms with Gasteiger partial charge in [0.25, 0.3) is 0 Å². The van der Waals surface area contributed by atoms with Crippen molar-refractivity contribution in [2.45, 2.75) is 16.0 Å². The van der Waals surface area contributed by atoms with E-state index in [-0.39, 0.29) is 0 Å². The van der Waals surface area contributed by atoms with Gasteiger partial charge in [0, 0.05) is 24.8 Å². The first kappa shape index (κ1) is 11.8. The molecule has 0 saturated carbocycles. The highest BCUT2D eigenvalue weighted by Crippen LogP contribution is 2.28. The number of hydrogen-bond acceptors (Lipinski definition) is 6. The smallest absolute Gasteiger partial charge is 0.156 e. The zero-order valence-electron chi connectivity index (χ0n) is 8.38. The van der Waals surface area contributed by atoms with E-state index in [0.29, 0.717) is 17.6 Å². The second-order valence-electron chi connectivity index (χ2n) is 2.78. The lowest BCUT2D eigenvalue weighted by atomic mass is 10.6. The molecule has 2 heterocycles. The molecule has 0 aromatic carbocycles. The van der Waals surface area contributed by atoms with Crippen molar-refractivity contribution in [1.29, 1.82) is 0 Å². The van der Waals surface area contributed by atoms with Gasteiger partial charge in [-0.2, -0.15) is 0 Å². The SMILES string of the molecule is COCc1nc(Cl)cc(Sc2nccs2)n1. The number of aromatic nitrogens is 3. The summed E-state index contributed by atoms with van der Waals surface area (Å²) in [7, 11) is 1.60. The summed E-state index contributed by atoms with van der Waals surface area (Å²) in [4.78, 5) is 12.5. The number of nitrogens with zero attached hydrogens (tertiary/aromatic N) is 3. The normalized spacial score (nSPS) is 10.6. The van der Waals surface area contributed by atoms with Crippen molar-refractivity contribution in [3.63, 3.8) is 0 Å². The minimum atomic E-state index is 0.353. The minimum absolute atomic E-state index is 0.353. The number of hydrogen-bond donors (Lipinski definition) is 0. The van der Waals surface area contributed by atoms with Gasteiger partial charge in [-0.05, 0) is 11.8 Å². The third kappa shape index (κ3) is 3.15. The Bertz CT molecular complexity index is 464. The Morgan fingerprint density at radius 3 is 3.06 bits per heavy atom. The van der Waals surface area contributed by atoms with Gasteiger partial charge in [-0.1, -0.05) is 11.6 Å². The first-order valence-electron chi connectivity index (χ1n) is 4.37. The summed E-state index contributed by atoms with van der Waals surface area (Å²) >= 11 is 8.91. The van der Waals surface area contributed by atoms with Gasteiger partial charge < -0.3 is 4.74 Å². The van der Waals surface area contributed by atoms with E-state index in [1.54, 1.807) is 30.7 Å². The van der Waals surface area contributed by atoms with Crippen molar-refractivity contribution in [2.75, 3.05) is 7.11 Å². The van der Waals surface area contributed by atoms with Gasteiger partial charge in [0.1, 0.15) is 16.8 Å². The number of halogens is 1. The molecular formula is C9H8ClN3OS2. The van der Waals surface area contributed by atoms with Crippen molar-refractivity contribution in [3.05, 3.63) is 28.6 Å². The molecule has 0 aliphatic heterocycles. The summed E-state index contributed by atoms with van der Waals surface area (Å²) in [5.74, 6) is 0.578. The number of methoxy groups -OCH3 is 1. The molecule has 0 amide bonds. The van der Waals surface area contributed by atoms with Crippen LogP contribution >= 0.6 is 34.7 Å². The Labute approximate surface area is 106 Å². The lowest BCUT2D eigenvalue weighted by Crippen LogP contribution is -1.98. The quantitative estimate of drug-likeness (QED) is 0.802. The van der Waals surface area contributed by atoms with Crippen LogP contribution in [0.4, 0.5) is 0 Å². The Kier molecular flexibility index (Phi) is 4.11. The third-order valence-electron chi connectivity index (χ3n) is 1.59. The fraction of sp³-hybridized carbons (Fsp3) is 0.222. The van der Waals surface area contributed by atoms with Crippen molar-refractivity contribution in [2.24, 2.45) is 0 Å². The highest BCUT2D eigenvalue weighted by molar-refractivity contribution is 8.01. The fourth-order valence-corrected chi connectivity index (χ4v) is 2.89. The fourth-order valence-electron chi connectivity index (χ4n) is 1.04. The van der Waals surface area contributed by atoms with Crippen LogP contribution in [0.2, 0.25) is 5.15 Å². The summed E-state index contributed by atoms with van der Waals surface area (Å²) in [6, 6.07) is 1.72. The number of thiazole rings is 1. The molecule has 16 heavy (non-hydrogen) atoms. The topological polar surface area (TPSA) is 47.9 Å². The molecule has 0 radical (unpaired) electrons. The molecule has 0 atom stereocenters. The second kappa shape index (κ2) is 5.58. The van der Waals surface area contributed by atoms with E-state index in [4.69, 9.17) is 16.3 Å². The van der Waals surface area contributed by atoms with E-state index in [9.17, 15) is 0 Å². The minimum Gasteiger partial charge on any atom is -0.377 e. The standard InChI is InChI=1S/C9H8ClN3OS2/c1-14-5-7-12-6(10)4-8(13-7)16-9-11-2-3-15-9/h2-4H,5H2,1H3. The lowest BCUT2D eigenvalue weighted by Gasteiger charge is -2.02. The molecule has 2 rings (SSSR count). The molecule has 0 bridgehead atoms. The van der Waals surface area contributed by atoms with Gasteiger partial charge in [0.2, 0.25) is 0 Å². The predicted molar refractivity (Wildman–Crippen MR) is 64.0 cm³/mol. The van der Waals surface area contributed by atoms with Crippen LogP contribution in [0.3, 0.4) is 0 Å². The maximum absolute atomic E-state index is 5.89. The molecule has 0 aliphatic carbocycles. The van der Waals surface area contributed by atoms with E-state index in [1.807, 2.05) is 5.38 Å². The van der Waals surface area contributed by atoms with Crippen molar-refractivity contribution >= 4 is 34.7 Å². The van der Waals surface area contributed by atoms with E-state index in [0.717, 1.165) is 9.37 Å². The Morgan fingerprint density at radius 2 is 2.38 bits per heavy atom. The maximum Gasteiger partial charge on any atom is 0.156 e. The Morgan fingerprint density at radius 1 is 1.50 bits per heavy atom. The summed E-state index contributed by atoms with van der Waals surface area (Å²) < 4.78 is 5.90. The summed E-state index contributed by atoms with van der Waals surface area (Å²) in [5.41, 5.74) is 0. The maximum atomic E-state index is 5.89. The number of ether oxygens (including phenoxy) is 1. The predicted octanol–water partition coefficient (Wildman–Crippen LogP) is 2.88. The summed E-state index contributed by atoms with van der Waals surface area (Å²) in [6.07, 6.45) is 1.76. The number of rotatable bonds is 4. The molecule has 7 heteroatoms. The molecular weight excluding hydrogens is 266 g/mol. The van der Waals surface area contributed by atoms with Crippen LogP contribution in [-0.2, 0) is 11.3 Å². The van der Waals surface area contributed by atoms with Crippen LogP contribution in [0.25, 0.3) is 0 Å². The van der Waals surface area contributed by atoms with Crippen LogP contribution in [0.1, 0.15) is 5.82 Å². The van der Waals surface area contributed by atoms with Crippen LogP contribution in [0, 0.1) is 0 Å². The molecule has 0 spiro atoms. The van der Waals surface area contributed by atoms with Crippen LogP contribution in [0.15, 0.2) is 27.0 Å². The Hall–Kier alpha value is -0.690. The zero-order valence-corrected chi connectivity index (χ0v) is 10.8. The molecule has 0 fully saturated rings. The second-order valence-corrected chi connectivity index (χ2v) is 5.33. The first-order valence-corrected chi connectivity index (χ1v) is 6.45. The van der Waals surface area contributed by atoms with E-state index >= 15 is 0 Å². The van der Waals surface area contributed by atoms with Crippen LogP contribution in [0.5, 0.6) is 0 Å². The van der Waals surface area contributed by atoms with E-state index in [2.05, 4.69) is 15.0 Å². The van der Waals surface area contributed by atoms with Gasteiger partial charge in [0.15, 0.2) is 10.2 Å². The monoisotopic (exact) mass is 273 g/mol. The van der Waals surface area contributed by atoms with Crippen LogP contribution < -0.4 is 0 Å². The third-order valence-corrected chi connectivity index (χ3v) is 3.59. The Balaban J connectivity index is 2.20. The van der Waals surface area contributed by atoms with Crippen molar-refractivity contribution in [3.8, 4) is 0 Å². The van der Waals surface area contributed by atoms with Gasteiger partial charge in [-0.3, -0.25) is 0 Å². The first-order chi connectivity index (χ1) is 7.78. The lowest BCUT2D eigenvalue weighted by molar-refractivity contribution is 0.177. The molecule has 0 N–H and O–H groups in total. The van der Waals surface area contributed by atoms with E-state index in [1.165, 1.54) is 11.8 Å². The molecule has 4 nitrogen and oxygen atoms in total. The average Bonchev–Trinajstić information content (AvgIpc) is 2.70. The van der Waals surface area contributed by atoms with Gasteiger partial charge in [0.05, 0.1) is 0 Å². The molecule has 2 aromatic rings. The molecule has 0 saturated heterocycles. The molecule has 2 aromatic heterocycles. The molecule has 0 unspecified atom stereocenters. The van der Waals surface area contributed by atoms with Gasteiger partial charge in [-0.15, -0.1) is 11.3 Å². The highest BCUT2D eigenvalue weighted by Gasteiger charge is 2.06. The molecule has 0 aliphatic rings. The highest BCUT2D eigenvalue weighted by atomic mass is 35.5. The van der Waals surface area contributed by atoms with Crippen LogP contribution in [-0.4, -0.2) is 22.1 Å². The average molecular weight is 274 g/mol. The van der Waals surface area contributed by atoms with Gasteiger partial charge in [-0.25, -0.2) is 15.0 Å².